The molecular weight excluding hydrogens is 246 g/mol. The highest BCUT2D eigenvalue weighted by molar-refractivity contribution is 5.19. The van der Waals surface area contributed by atoms with E-state index in [1.807, 2.05) is 30.3 Å². The largest absolute Gasteiger partial charge is 0.388 e. The smallest absolute Gasteiger partial charge is 0.0853 e. The van der Waals surface area contributed by atoms with Crippen molar-refractivity contribution in [2.75, 3.05) is 19.6 Å². The fraction of sp³-hybridized carbons (Fsp3) is 0.667. The monoisotopic (exact) mass is 275 g/mol. The molecule has 1 N–H and O–H groups in total. The quantitative estimate of drug-likeness (QED) is 0.901. The van der Waals surface area contributed by atoms with Gasteiger partial charge in [0.1, 0.15) is 0 Å². The van der Waals surface area contributed by atoms with Crippen molar-refractivity contribution in [3.8, 4) is 0 Å². The third-order valence-corrected chi connectivity index (χ3v) is 4.70. The van der Waals surface area contributed by atoms with Crippen LogP contribution < -0.4 is 0 Å². The molecule has 1 atom stereocenters. The molecule has 1 heterocycles. The maximum Gasteiger partial charge on any atom is 0.0853 e. The molecule has 0 aliphatic carbocycles. The molecule has 2 rings (SSSR count). The third-order valence-electron chi connectivity index (χ3n) is 4.70. The molecule has 1 fully saturated rings. The van der Waals surface area contributed by atoms with Gasteiger partial charge in [-0.05, 0) is 36.9 Å². The zero-order valence-corrected chi connectivity index (χ0v) is 13.4. The van der Waals surface area contributed by atoms with Gasteiger partial charge in [-0.3, -0.25) is 0 Å². The van der Waals surface area contributed by atoms with Gasteiger partial charge in [-0.25, -0.2) is 0 Å². The van der Waals surface area contributed by atoms with Gasteiger partial charge in [0.2, 0.25) is 0 Å². The first-order chi connectivity index (χ1) is 9.30. The van der Waals surface area contributed by atoms with Gasteiger partial charge in [0, 0.05) is 12.0 Å². The molecular formula is C18H29NO. The van der Waals surface area contributed by atoms with Crippen molar-refractivity contribution in [1.29, 1.82) is 0 Å². The van der Waals surface area contributed by atoms with Crippen LogP contribution in [-0.2, 0) is 0 Å². The lowest BCUT2D eigenvalue weighted by Crippen LogP contribution is -2.44. The van der Waals surface area contributed by atoms with Crippen molar-refractivity contribution in [3.05, 3.63) is 35.9 Å². The number of aliphatic hydroxyl groups is 1. The number of rotatable bonds is 4. The Hall–Kier alpha value is -0.860. The van der Waals surface area contributed by atoms with Crippen molar-refractivity contribution in [2.24, 2.45) is 10.8 Å². The Balaban J connectivity index is 1.97. The van der Waals surface area contributed by atoms with Gasteiger partial charge in [0.25, 0.3) is 0 Å². The molecule has 20 heavy (non-hydrogen) atoms. The Morgan fingerprint density at radius 2 is 1.70 bits per heavy atom. The van der Waals surface area contributed by atoms with Crippen molar-refractivity contribution in [1.82, 2.24) is 4.90 Å². The predicted octanol–water partition coefficient (Wildman–Crippen LogP) is 3.87. The van der Waals surface area contributed by atoms with E-state index in [1.165, 1.54) is 12.8 Å². The SMILES string of the molecule is CC1(C)CCN(CC(C)(C)C(O)c2ccccc2)CC1. The molecule has 0 spiro atoms. The molecule has 0 aromatic heterocycles. The summed E-state index contributed by atoms with van der Waals surface area (Å²) >= 11 is 0. The van der Waals surface area contributed by atoms with Crippen molar-refractivity contribution >= 4 is 0 Å². The molecule has 0 bridgehead atoms. The third kappa shape index (κ3) is 3.83. The molecule has 1 aromatic carbocycles. The fourth-order valence-corrected chi connectivity index (χ4v) is 3.07. The van der Waals surface area contributed by atoms with E-state index in [4.69, 9.17) is 0 Å². The van der Waals surface area contributed by atoms with Gasteiger partial charge < -0.3 is 10.0 Å². The summed E-state index contributed by atoms with van der Waals surface area (Å²) in [6, 6.07) is 10.0. The van der Waals surface area contributed by atoms with Gasteiger partial charge in [-0.15, -0.1) is 0 Å². The Labute approximate surface area is 123 Å². The minimum Gasteiger partial charge on any atom is -0.388 e. The highest BCUT2D eigenvalue weighted by atomic mass is 16.3. The molecule has 0 amide bonds. The average molecular weight is 275 g/mol. The summed E-state index contributed by atoms with van der Waals surface area (Å²) in [6.07, 6.45) is 2.10. The summed E-state index contributed by atoms with van der Waals surface area (Å²) in [6.45, 7) is 12.3. The molecule has 1 aromatic rings. The Kier molecular flexibility index (Phi) is 4.55. The number of nitrogens with zero attached hydrogens (tertiary/aromatic N) is 1. The summed E-state index contributed by atoms with van der Waals surface area (Å²) in [5, 5.41) is 10.7. The highest BCUT2D eigenvalue weighted by Gasteiger charge is 2.33. The minimum atomic E-state index is -0.404. The van der Waals surface area contributed by atoms with Crippen LogP contribution in [0.15, 0.2) is 30.3 Å². The number of benzene rings is 1. The van der Waals surface area contributed by atoms with Gasteiger partial charge in [0.05, 0.1) is 6.10 Å². The minimum absolute atomic E-state index is 0.122. The Morgan fingerprint density at radius 3 is 2.25 bits per heavy atom. The predicted molar refractivity (Wildman–Crippen MR) is 84.6 cm³/mol. The molecule has 2 nitrogen and oxygen atoms in total. The van der Waals surface area contributed by atoms with E-state index >= 15 is 0 Å². The lowest BCUT2D eigenvalue weighted by atomic mass is 9.79. The molecule has 2 heteroatoms. The Morgan fingerprint density at radius 1 is 1.15 bits per heavy atom. The topological polar surface area (TPSA) is 23.5 Å². The van der Waals surface area contributed by atoms with Crippen LogP contribution in [0, 0.1) is 10.8 Å². The summed E-state index contributed by atoms with van der Waals surface area (Å²) in [5.74, 6) is 0. The standard InChI is InChI=1S/C18H29NO/c1-17(2)10-12-19(13-11-17)14-18(3,4)16(20)15-8-6-5-7-9-15/h5-9,16,20H,10-14H2,1-4H3. The van der Waals surface area contributed by atoms with Crippen LogP contribution in [-0.4, -0.2) is 29.6 Å². The lowest BCUT2D eigenvalue weighted by molar-refractivity contribution is 0.00587. The second-order valence-electron chi connectivity index (χ2n) is 7.74. The molecule has 0 radical (unpaired) electrons. The second-order valence-corrected chi connectivity index (χ2v) is 7.74. The van der Waals surface area contributed by atoms with Crippen molar-refractivity contribution < 1.29 is 5.11 Å². The molecule has 1 saturated heterocycles. The van der Waals surface area contributed by atoms with Crippen molar-refractivity contribution in [3.63, 3.8) is 0 Å². The van der Waals surface area contributed by atoms with Crippen LogP contribution in [0.5, 0.6) is 0 Å². The van der Waals surface area contributed by atoms with Crippen LogP contribution in [0.2, 0.25) is 0 Å². The number of likely N-dealkylation sites (tertiary alicyclic amines) is 1. The van der Waals surface area contributed by atoms with Gasteiger partial charge in [-0.2, -0.15) is 0 Å². The summed E-state index contributed by atoms with van der Waals surface area (Å²) in [7, 11) is 0. The van der Waals surface area contributed by atoms with E-state index in [0.29, 0.717) is 5.41 Å². The van der Waals surface area contributed by atoms with Gasteiger partial charge in [-0.1, -0.05) is 58.0 Å². The lowest BCUT2D eigenvalue weighted by Gasteiger charge is -2.42. The Bertz CT molecular complexity index is 414. The van der Waals surface area contributed by atoms with E-state index < -0.39 is 6.10 Å². The van der Waals surface area contributed by atoms with Crippen LogP contribution in [0.25, 0.3) is 0 Å². The first kappa shape index (κ1) is 15.5. The molecule has 0 saturated carbocycles. The number of aliphatic hydroxyl groups excluding tert-OH is 1. The van der Waals surface area contributed by atoms with E-state index in [2.05, 4.69) is 32.6 Å². The molecule has 1 aliphatic rings. The van der Waals surface area contributed by atoms with Crippen LogP contribution in [0.3, 0.4) is 0 Å². The van der Waals surface area contributed by atoms with Crippen LogP contribution in [0.1, 0.15) is 52.2 Å². The summed E-state index contributed by atoms with van der Waals surface area (Å²) < 4.78 is 0. The number of hydrogen-bond acceptors (Lipinski definition) is 2. The van der Waals surface area contributed by atoms with Crippen molar-refractivity contribution in [2.45, 2.75) is 46.6 Å². The summed E-state index contributed by atoms with van der Waals surface area (Å²) in [4.78, 5) is 2.51. The normalized spacial score (nSPS) is 21.6. The first-order valence-electron chi connectivity index (χ1n) is 7.76. The molecule has 1 aliphatic heterocycles. The van der Waals surface area contributed by atoms with E-state index in [9.17, 15) is 5.11 Å². The molecule has 1 unspecified atom stereocenters. The number of hydrogen-bond donors (Lipinski definition) is 1. The van der Waals surface area contributed by atoms with Gasteiger partial charge >= 0.3 is 0 Å². The maximum atomic E-state index is 10.7. The molecule has 112 valence electrons. The van der Waals surface area contributed by atoms with E-state index in [-0.39, 0.29) is 5.41 Å². The average Bonchev–Trinajstić information content (AvgIpc) is 2.41. The zero-order chi connectivity index (χ0) is 14.8. The first-order valence-corrected chi connectivity index (χ1v) is 7.76. The van der Waals surface area contributed by atoms with Crippen LogP contribution in [0.4, 0.5) is 0 Å². The second kappa shape index (κ2) is 5.87. The summed E-state index contributed by atoms with van der Waals surface area (Å²) in [5.41, 5.74) is 1.39. The number of piperidine rings is 1. The highest BCUT2D eigenvalue weighted by Crippen LogP contribution is 2.36. The van der Waals surface area contributed by atoms with Crippen LogP contribution >= 0.6 is 0 Å². The fourth-order valence-electron chi connectivity index (χ4n) is 3.07. The van der Waals surface area contributed by atoms with E-state index in [0.717, 1.165) is 25.2 Å². The zero-order valence-electron chi connectivity index (χ0n) is 13.4. The van der Waals surface area contributed by atoms with Gasteiger partial charge in [0.15, 0.2) is 0 Å². The van der Waals surface area contributed by atoms with E-state index in [1.54, 1.807) is 0 Å². The maximum absolute atomic E-state index is 10.7.